The molecule has 0 spiro atoms. The smallest absolute Gasteiger partial charge is 0.249 e. The highest BCUT2D eigenvalue weighted by Crippen LogP contribution is 2.32. The van der Waals surface area contributed by atoms with Gasteiger partial charge in [0.15, 0.2) is 0 Å². The molecule has 0 aromatic heterocycles. The van der Waals surface area contributed by atoms with Gasteiger partial charge in [0.05, 0.1) is 11.8 Å². The van der Waals surface area contributed by atoms with Crippen LogP contribution in [0.2, 0.25) is 0 Å². The van der Waals surface area contributed by atoms with E-state index in [1.54, 1.807) is 0 Å². The number of ketones is 2. The number of nitrogens with zero attached hydrogens (tertiary/aromatic N) is 1. The molecule has 4 nitrogen and oxygen atoms in total. The number of carbonyl (C=O) groups excluding carboxylic acids is 3. The molecule has 3 atom stereocenters. The Kier molecular flexibility index (Phi) is 6.80. The molecule has 134 valence electrons. The van der Waals surface area contributed by atoms with E-state index < -0.39 is 0 Å². The van der Waals surface area contributed by atoms with Gasteiger partial charge >= 0.3 is 0 Å². The fourth-order valence-corrected chi connectivity index (χ4v) is 3.43. The SMILES string of the molecule is CC(=O)[C@@H](C=NC(=O)[C@H]1CCC(=O)C1Cc1ccccc1)CC(C)C. The molecule has 0 N–H and O–H groups in total. The van der Waals surface area contributed by atoms with Crippen LogP contribution in [0.4, 0.5) is 0 Å². The molecule has 1 aromatic rings. The van der Waals surface area contributed by atoms with Crippen molar-refractivity contribution in [2.24, 2.45) is 28.7 Å². The Morgan fingerprint density at radius 1 is 1.24 bits per heavy atom. The summed E-state index contributed by atoms with van der Waals surface area (Å²) in [4.78, 5) is 40.6. The number of amides is 1. The van der Waals surface area contributed by atoms with Crippen molar-refractivity contribution in [1.29, 1.82) is 0 Å². The average Bonchev–Trinajstić information content (AvgIpc) is 2.92. The summed E-state index contributed by atoms with van der Waals surface area (Å²) in [5.74, 6) is -0.732. The largest absolute Gasteiger partial charge is 0.299 e. The molecule has 1 unspecified atom stereocenters. The zero-order valence-corrected chi connectivity index (χ0v) is 15.3. The minimum Gasteiger partial charge on any atom is -0.299 e. The molecule has 1 aliphatic carbocycles. The highest BCUT2D eigenvalue weighted by Gasteiger charge is 2.39. The summed E-state index contributed by atoms with van der Waals surface area (Å²) in [6.45, 7) is 5.61. The molecule has 1 aromatic carbocycles. The predicted molar refractivity (Wildman–Crippen MR) is 98.5 cm³/mol. The van der Waals surface area contributed by atoms with Crippen molar-refractivity contribution in [2.45, 2.75) is 46.5 Å². The summed E-state index contributed by atoms with van der Waals surface area (Å²) in [6.07, 6.45) is 3.75. The maximum atomic E-state index is 12.5. The molecule has 1 saturated carbocycles. The van der Waals surface area contributed by atoms with Crippen LogP contribution in [-0.2, 0) is 20.8 Å². The normalized spacial score (nSPS) is 21.8. The van der Waals surface area contributed by atoms with Crippen molar-refractivity contribution in [3.8, 4) is 0 Å². The van der Waals surface area contributed by atoms with Gasteiger partial charge in [-0.25, -0.2) is 4.99 Å². The van der Waals surface area contributed by atoms with Gasteiger partial charge in [-0.1, -0.05) is 44.2 Å². The first kappa shape index (κ1) is 19.2. The van der Waals surface area contributed by atoms with Crippen molar-refractivity contribution in [3.63, 3.8) is 0 Å². The van der Waals surface area contributed by atoms with Crippen LogP contribution >= 0.6 is 0 Å². The van der Waals surface area contributed by atoms with Crippen LogP contribution in [0.5, 0.6) is 0 Å². The second-order valence-corrected chi connectivity index (χ2v) is 7.37. The molecule has 2 rings (SSSR count). The van der Waals surface area contributed by atoms with Crippen molar-refractivity contribution < 1.29 is 14.4 Å². The van der Waals surface area contributed by atoms with E-state index >= 15 is 0 Å². The van der Waals surface area contributed by atoms with Gasteiger partial charge in [-0.3, -0.25) is 14.4 Å². The molecule has 1 amide bonds. The van der Waals surface area contributed by atoms with Crippen LogP contribution in [0.1, 0.15) is 45.6 Å². The Labute approximate surface area is 149 Å². The molecule has 1 fully saturated rings. The van der Waals surface area contributed by atoms with Crippen LogP contribution in [0, 0.1) is 23.7 Å². The van der Waals surface area contributed by atoms with Gasteiger partial charge in [0.25, 0.3) is 0 Å². The van der Waals surface area contributed by atoms with Crippen LogP contribution in [0.3, 0.4) is 0 Å². The number of Topliss-reactive ketones (excluding diaryl/α,β-unsaturated/α-hetero) is 2. The van der Waals surface area contributed by atoms with Crippen molar-refractivity contribution in [3.05, 3.63) is 35.9 Å². The first-order valence-electron chi connectivity index (χ1n) is 9.03. The van der Waals surface area contributed by atoms with Gasteiger partial charge in [-0.05, 0) is 37.7 Å². The number of hydrogen-bond acceptors (Lipinski definition) is 3. The topological polar surface area (TPSA) is 63.6 Å². The molecule has 0 radical (unpaired) electrons. The Bertz CT molecular complexity index is 648. The summed E-state index contributed by atoms with van der Waals surface area (Å²) in [5, 5.41) is 0. The monoisotopic (exact) mass is 341 g/mol. The number of hydrogen-bond donors (Lipinski definition) is 0. The molecule has 0 bridgehead atoms. The highest BCUT2D eigenvalue weighted by molar-refractivity contribution is 5.99. The summed E-state index contributed by atoms with van der Waals surface area (Å²) in [7, 11) is 0. The lowest BCUT2D eigenvalue weighted by Gasteiger charge is -2.16. The molecule has 1 aliphatic rings. The second kappa shape index (κ2) is 8.84. The van der Waals surface area contributed by atoms with E-state index in [-0.39, 0.29) is 35.2 Å². The van der Waals surface area contributed by atoms with Crippen molar-refractivity contribution in [2.75, 3.05) is 0 Å². The maximum Gasteiger partial charge on any atom is 0.249 e. The Morgan fingerprint density at radius 2 is 1.92 bits per heavy atom. The van der Waals surface area contributed by atoms with Gasteiger partial charge in [-0.15, -0.1) is 0 Å². The third-order valence-electron chi connectivity index (χ3n) is 4.85. The lowest BCUT2D eigenvalue weighted by molar-refractivity contribution is -0.127. The van der Waals surface area contributed by atoms with Gasteiger partial charge in [-0.2, -0.15) is 0 Å². The number of aliphatic imine (C=N–C) groups is 1. The average molecular weight is 341 g/mol. The van der Waals surface area contributed by atoms with E-state index in [2.05, 4.69) is 4.99 Å². The molecule has 0 saturated heterocycles. The van der Waals surface area contributed by atoms with Gasteiger partial charge in [0.2, 0.25) is 5.91 Å². The van der Waals surface area contributed by atoms with E-state index in [1.807, 2.05) is 44.2 Å². The number of carbonyl (C=O) groups is 3. The summed E-state index contributed by atoms with van der Waals surface area (Å²) in [6, 6.07) is 9.76. The predicted octanol–water partition coefficient (Wildman–Crippen LogP) is 3.67. The van der Waals surface area contributed by atoms with Crippen LogP contribution in [0.25, 0.3) is 0 Å². The van der Waals surface area contributed by atoms with Gasteiger partial charge in [0.1, 0.15) is 11.6 Å². The van der Waals surface area contributed by atoms with Crippen LogP contribution in [0.15, 0.2) is 35.3 Å². The third kappa shape index (κ3) is 5.45. The Balaban J connectivity index is 2.07. The summed E-state index contributed by atoms with van der Waals surface area (Å²) in [5.41, 5.74) is 1.06. The van der Waals surface area contributed by atoms with Crippen LogP contribution < -0.4 is 0 Å². The quantitative estimate of drug-likeness (QED) is 0.711. The fourth-order valence-electron chi connectivity index (χ4n) is 3.43. The molecule has 25 heavy (non-hydrogen) atoms. The molecular weight excluding hydrogens is 314 g/mol. The first-order chi connectivity index (χ1) is 11.9. The van der Waals surface area contributed by atoms with Crippen molar-refractivity contribution in [1.82, 2.24) is 0 Å². The fraction of sp³-hybridized carbons (Fsp3) is 0.524. The molecule has 4 heteroatoms. The van der Waals surface area contributed by atoms with Gasteiger partial charge < -0.3 is 0 Å². The highest BCUT2D eigenvalue weighted by atomic mass is 16.2. The van der Waals surface area contributed by atoms with E-state index in [4.69, 9.17) is 0 Å². The first-order valence-corrected chi connectivity index (χ1v) is 9.03. The molecule has 0 aliphatic heterocycles. The number of rotatable bonds is 7. The second-order valence-electron chi connectivity index (χ2n) is 7.37. The minimum absolute atomic E-state index is 0.0218. The Morgan fingerprint density at radius 3 is 2.52 bits per heavy atom. The molecule has 0 heterocycles. The lowest BCUT2D eigenvalue weighted by atomic mass is 9.88. The zero-order chi connectivity index (χ0) is 18.4. The zero-order valence-electron chi connectivity index (χ0n) is 15.3. The summed E-state index contributed by atoms with van der Waals surface area (Å²) >= 11 is 0. The van der Waals surface area contributed by atoms with Crippen LogP contribution in [-0.4, -0.2) is 23.7 Å². The van der Waals surface area contributed by atoms with E-state index in [0.717, 1.165) is 5.56 Å². The Hall–Kier alpha value is -2.10. The minimum atomic E-state index is -0.365. The molecular formula is C21H27NO3. The van der Waals surface area contributed by atoms with E-state index in [1.165, 1.54) is 13.1 Å². The van der Waals surface area contributed by atoms with E-state index in [0.29, 0.717) is 31.6 Å². The maximum absolute atomic E-state index is 12.5. The lowest BCUT2D eigenvalue weighted by Crippen LogP contribution is -2.24. The van der Waals surface area contributed by atoms with Gasteiger partial charge in [0, 0.05) is 18.6 Å². The third-order valence-corrected chi connectivity index (χ3v) is 4.85. The standard InChI is InChI=1S/C21H27NO3/c1-14(2)11-17(15(3)23)13-22-21(25)18-9-10-20(24)19(18)12-16-7-5-4-6-8-16/h4-8,13-14,17-19H,9-12H2,1-3H3/t17-,18+,19?/m1/s1. The van der Waals surface area contributed by atoms with Crippen molar-refractivity contribution >= 4 is 23.7 Å². The number of benzene rings is 1. The summed E-state index contributed by atoms with van der Waals surface area (Å²) < 4.78 is 0. The van der Waals surface area contributed by atoms with E-state index in [9.17, 15) is 14.4 Å².